The van der Waals surface area contributed by atoms with Crippen molar-refractivity contribution in [1.29, 1.82) is 0 Å². The van der Waals surface area contributed by atoms with Gasteiger partial charge in [-0.25, -0.2) is 0 Å². The number of hydrogen-bond donors (Lipinski definition) is 2. The number of nitrogens with one attached hydrogen (secondary N) is 1. The molecule has 0 amide bonds. The second-order valence-electron chi connectivity index (χ2n) is 5.64. The highest BCUT2D eigenvalue weighted by atomic mass is 16.5. The fourth-order valence-electron chi connectivity index (χ4n) is 2.80. The van der Waals surface area contributed by atoms with Crippen molar-refractivity contribution in [2.24, 2.45) is 0 Å². The summed E-state index contributed by atoms with van der Waals surface area (Å²) < 4.78 is 5.81. The smallest absolute Gasteiger partial charge is 0.323 e. The number of hydrogen-bond acceptors (Lipinski definition) is 3. The molecule has 0 aromatic rings. The van der Waals surface area contributed by atoms with Gasteiger partial charge >= 0.3 is 5.97 Å². The van der Waals surface area contributed by atoms with E-state index in [0.717, 1.165) is 19.4 Å². The molecule has 0 heterocycles. The zero-order valence-electron chi connectivity index (χ0n) is 12.4. The third-order valence-corrected chi connectivity index (χ3v) is 4.21. The molecule has 1 rings (SSSR count). The summed E-state index contributed by atoms with van der Waals surface area (Å²) in [7, 11) is 1.73. The molecule has 1 fully saturated rings. The maximum absolute atomic E-state index is 11.3. The number of carbonyl (C=O) groups is 1. The summed E-state index contributed by atoms with van der Waals surface area (Å²) in [5, 5.41) is 12.2. The van der Waals surface area contributed by atoms with E-state index in [4.69, 9.17) is 4.74 Å². The highest BCUT2D eigenvalue weighted by molar-refractivity contribution is 5.79. The Morgan fingerprint density at radius 3 is 2.58 bits per heavy atom. The monoisotopic (exact) mass is 271 g/mol. The van der Waals surface area contributed by atoms with Gasteiger partial charge in [-0.2, -0.15) is 0 Å². The minimum atomic E-state index is -0.758. The van der Waals surface area contributed by atoms with Crippen molar-refractivity contribution >= 4 is 5.97 Å². The fraction of sp³-hybridized carbons (Fsp3) is 0.933. The van der Waals surface area contributed by atoms with Gasteiger partial charge in [-0.15, -0.1) is 0 Å². The van der Waals surface area contributed by atoms with Gasteiger partial charge in [-0.1, -0.05) is 39.0 Å². The first kappa shape index (κ1) is 16.4. The largest absolute Gasteiger partial charge is 0.480 e. The molecule has 0 saturated heterocycles. The van der Waals surface area contributed by atoms with Crippen LogP contribution in [-0.2, 0) is 9.53 Å². The molecule has 1 saturated carbocycles. The van der Waals surface area contributed by atoms with Crippen molar-refractivity contribution in [3.05, 3.63) is 0 Å². The molecule has 2 atom stereocenters. The van der Waals surface area contributed by atoms with Crippen LogP contribution in [0.4, 0.5) is 0 Å². The molecule has 4 nitrogen and oxygen atoms in total. The number of likely N-dealkylation sites (N-methyl/N-ethyl adjacent to an activating group) is 1. The standard InChI is InChI=1S/C15H29NO3/c1-3-4-5-6-7-8-11-19-13-9-10-15(12-13,16-2)14(17)18/h13,16H,3-12H2,1-2H3,(H,17,18). The van der Waals surface area contributed by atoms with Gasteiger partial charge in [-0.05, 0) is 26.3 Å². The van der Waals surface area contributed by atoms with Gasteiger partial charge < -0.3 is 15.2 Å². The predicted molar refractivity (Wildman–Crippen MR) is 76.4 cm³/mol. The van der Waals surface area contributed by atoms with Crippen molar-refractivity contribution in [2.45, 2.75) is 76.4 Å². The zero-order valence-corrected chi connectivity index (χ0v) is 12.4. The van der Waals surface area contributed by atoms with Crippen LogP contribution in [0.25, 0.3) is 0 Å². The Kier molecular flexibility index (Phi) is 7.39. The van der Waals surface area contributed by atoms with Crippen LogP contribution in [0.2, 0.25) is 0 Å². The van der Waals surface area contributed by atoms with Crippen molar-refractivity contribution in [1.82, 2.24) is 5.32 Å². The summed E-state index contributed by atoms with van der Waals surface area (Å²) in [5.74, 6) is -0.749. The molecule has 1 aliphatic rings. The number of unbranched alkanes of at least 4 members (excludes halogenated alkanes) is 5. The van der Waals surface area contributed by atoms with E-state index in [9.17, 15) is 9.90 Å². The highest BCUT2D eigenvalue weighted by Gasteiger charge is 2.44. The summed E-state index contributed by atoms with van der Waals surface area (Å²) in [6.45, 7) is 3.00. The third-order valence-electron chi connectivity index (χ3n) is 4.21. The molecule has 0 radical (unpaired) electrons. The van der Waals surface area contributed by atoms with Crippen molar-refractivity contribution < 1.29 is 14.6 Å². The second kappa shape index (κ2) is 8.54. The topological polar surface area (TPSA) is 58.6 Å². The molecule has 19 heavy (non-hydrogen) atoms. The van der Waals surface area contributed by atoms with Crippen LogP contribution in [-0.4, -0.2) is 36.4 Å². The fourth-order valence-corrected chi connectivity index (χ4v) is 2.80. The summed E-state index contributed by atoms with van der Waals surface area (Å²) in [4.78, 5) is 11.3. The number of aliphatic carboxylic acids is 1. The van der Waals surface area contributed by atoms with Crippen LogP contribution >= 0.6 is 0 Å². The van der Waals surface area contributed by atoms with Gasteiger partial charge in [0.2, 0.25) is 0 Å². The predicted octanol–water partition coefficient (Wildman–Crippen LogP) is 2.96. The lowest BCUT2D eigenvalue weighted by molar-refractivity contribution is -0.144. The van der Waals surface area contributed by atoms with E-state index in [2.05, 4.69) is 12.2 Å². The molecule has 2 unspecified atom stereocenters. The van der Waals surface area contributed by atoms with E-state index in [1.54, 1.807) is 7.05 Å². The van der Waals surface area contributed by atoms with E-state index < -0.39 is 11.5 Å². The molecule has 0 aliphatic heterocycles. The Morgan fingerprint density at radius 2 is 2.00 bits per heavy atom. The Bertz CT molecular complexity index is 270. The molecule has 0 spiro atoms. The van der Waals surface area contributed by atoms with Crippen molar-refractivity contribution in [3.63, 3.8) is 0 Å². The highest BCUT2D eigenvalue weighted by Crippen LogP contribution is 2.32. The van der Waals surface area contributed by atoms with E-state index in [1.165, 1.54) is 32.1 Å². The summed E-state index contributed by atoms with van der Waals surface area (Å²) >= 11 is 0. The van der Waals surface area contributed by atoms with E-state index in [1.807, 2.05) is 0 Å². The lowest BCUT2D eigenvalue weighted by Crippen LogP contribution is -2.48. The van der Waals surface area contributed by atoms with Gasteiger partial charge in [0.15, 0.2) is 0 Å². The first-order chi connectivity index (χ1) is 9.14. The Balaban J connectivity index is 2.10. The van der Waals surface area contributed by atoms with Gasteiger partial charge in [-0.3, -0.25) is 4.79 Å². The molecular formula is C15H29NO3. The lowest BCUT2D eigenvalue weighted by Gasteiger charge is -2.23. The SMILES string of the molecule is CCCCCCCCOC1CCC(NC)(C(=O)O)C1. The van der Waals surface area contributed by atoms with Crippen LogP contribution in [0.5, 0.6) is 0 Å². The number of rotatable bonds is 10. The summed E-state index contributed by atoms with van der Waals surface area (Å²) in [6.07, 6.45) is 9.76. The number of ether oxygens (including phenoxy) is 1. The van der Waals surface area contributed by atoms with Crippen molar-refractivity contribution in [3.8, 4) is 0 Å². The maximum Gasteiger partial charge on any atom is 0.323 e. The van der Waals surface area contributed by atoms with Crippen LogP contribution in [0.1, 0.15) is 64.7 Å². The van der Waals surface area contributed by atoms with Gasteiger partial charge in [0.25, 0.3) is 0 Å². The van der Waals surface area contributed by atoms with E-state index in [0.29, 0.717) is 12.8 Å². The van der Waals surface area contributed by atoms with Gasteiger partial charge in [0, 0.05) is 13.0 Å². The molecular weight excluding hydrogens is 242 g/mol. The normalized spacial score (nSPS) is 26.7. The van der Waals surface area contributed by atoms with Gasteiger partial charge in [0.1, 0.15) is 5.54 Å². The minimum absolute atomic E-state index is 0.110. The Labute approximate surface area is 116 Å². The second-order valence-corrected chi connectivity index (χ2v) is 5.64. The van der Waals surface area contributed by atoms with Gasteiger partial charge in [0.05, 0.1) is 6.10 Å². The summed E-state index contributed by atoms with van der Waals surface area (Å²) in [5.41, 5.74) is -0.758. The van der Waals surface area contributed by atoms with E-state index in [-0.39, 0.29) is 6.10 Å². The Hall–Kier alpha value is -0.610. The molecule has 112 valence electrons. The molecule has 2 N–H and O–H groups in total. The van der Waals surface area contributed by atoms with Crippen LogP contribution in [0.3, 0.4) is 0 Å². The maximum atomic E-state index is 11.3. The first-order valence-corrected chi connectivity index (χ1v) is 7.68. The molecule has 0 bridgehead atoms. The zero-order chi connectivity index (χ0) is 14.1. The number of carboxylic acid groups (broad SMARTS) is 1. The molecule has 0 aromatic heterocycles. The Morgan fingerprint density at radius 1 is 1.32 bits per heavy atom. The minimum Gasteiger partial charge on any atom is -0.480 e. The third kappa shape index (κ3) is 5.11. The molecule has 4 heteroatoms. The molecule has 0 aromatic carbocycles. The number of carboxylic acids is 1. The van der Waals surface area contributed by atoms with E-state index >= 15 is 0 Å². The molecule has 1 aliphatic carbocycles. The average Bonchev–Trinajstić information content (AvgIpc) is 2.83. The van der Waals surface area contributed by atoms with Crippen LogP contribution in [0.15, 0.2) is 0 Å². The summed E-state index contributed by atoms with van der Waals surface area (Å²) in [6, 6.07) is 0. The average molecular weight is 271 g/mol. The van der Waals surface area contributed by atoms with Crippen LogP contribution in [0, 0.1) is 0 Å². The van der Waals surface area contributed by atoms with Crippen molar-refractivity contribution in [2.75, 3.05) is 13.7 Å². The quantitative estimate of drug-likeness (QED) is 0.600. The lowest BCUT2D eigenvalue weighted by atomic mass is 9.98. The van der Waals surface area contributed by atoms with Crippen LogP contribution < -0.4 is 5.32 Å². The first-order valence-electron chi connectivity index (χ1n) is 7.68.